The Kier molecular flexibility index (Phi) is 4.06. The second kappa shape index (κ2) is 6.14. The number of allylic oxidation sites excluding steroid dienone is 1. The number of hydrogen-bond acceptors (Lipinski definition) is 4. The fraction of sp³-hybridized carbons (Fsp3) is 0.176. The van der Waals surface area contributed by atoms with Crippen LogP contribution in [0.25, 0.3) is 0 Å². The summed E-state index contributed by atoms with van der Waals surface area (Å²) < 4.78 is 0. The van der Waals surface area contributed by atoms with Gasteiger partial charge in [0.15, 0.2) is 5.78 Å². The molecule has 0 saturated heterocycles. The molecule has 3 rings (SSSR count). The summed E-state index contributed by atoms with van der Waals surface area (Å²) in [6.45, 7) is 0. The van der Waals surface area contributed by atoms with Gasteiger partial charge in [0.1, 0.15) is 5.82 Å². The molecule has 0 bridgehead atoms. The molecule has 1 aliphatic rings. The number of nitrogens with zero attached hydrogens (tertiary/aromatic N) is 1. The van der Waals surface area contributed by atoms with Crippen LogP contribution in [0.4, 0.5) is 5.82 Å². The van der Waals surface area contributed by atoms with E-state index >= 15 is 0 Å². The molecule has 106 valence electrons. The molecular formula is C17H16N2OS. The van der Waals surface area contributed by atoms with E-state index in [0.717, 1.165) is 40.4 Å². The smallest absolute Gasteiger partial charge is 0.191 e. The Bertz CT molecular complexity index is 695. The first kappa shape index (κ1) is 13.9. The summed E-state index contributed by atoms with van der Waals surface area (Å²) in [6, 6.07) is 13.6. The second-order valence-corrected chi connectivity index (χ2v) is 5.65. The van der Waals surface area contributed by atoms with E-state index in [1.807, 2.05) is 48.7 Å². The van der Waals surface area contributed by atoms with Crippen molar-refractivity contribution in [1.82, 2.24) is 4.98 Å². The van der Waals surface area contributed by atoms with Crippen LogP contribution in [0.1, 0.15) is 22.3 Å². The van der Waals surface area contributed by atoms with Crippen LogP contribution in [0.5, 0.6) is 0 Å². The Hall–Kier alpha value is -2.07. The molecule has 0 aliphatic heterocycles. The molecule has 1 N–H and O–H groups in total. The number of rotatable bonds is 3. The van der Waals surface area contributed by atoms with Crippen molar-refractivity contribution in [2.24, 2.45) is 0 Å². The van der Waals surface area contributed by atoms with E-state index in [-0.39, 0.29) is 5.78 Å². The number of carbonyl (C=O) groups is 1. The number of aromatic nitrogens is 1. The van der Waals surface area contributed by atoms with Gasteiger partial charge in [0, 0.05) is 17.3 Å². The highest BCUT2D eigenvalue weighted by atomic mass is 32.2. The number of nitrogens with one attached hydrogen (secondary N) is 1. The van der Waals surface area contributed by atoms with Gasteiger partial charge in [-0.25, -0.2) is 4.98 Å². The summed E-state index contributed by atoms with van der Waals surface area (Å²) in [5, 5.41) is 4.17. The summed E-state index contributed by atoms with van der Waals surface area (Å²) in [6.07, 6.45) is 5.39. The Balaban J connectivity index is 1.95. The minimum atomic E-state index is 0.129. The maximum Gasteiger partial charge on any atom is 0.191 e. The lowest BCUT2D eigenvalue weighted by molar-refractivity contribution is 0.102. The Labute approximate surface area is 128 Å². The van der Waals surface area contributed by atoms with Gasteiger partial charge in [-0.15, -0.1) is 11.8 Å². The van der Waals surface area contributed by atoms with Gasteiger partial charge in [-0.05, 0) is 36.8 Å². The van der Waals surface area contributed by atoms with Gasteiger partial charge in [-0.1, -0.05) is 30.3 Å². The van der Waals surface area contributed by atoms with Crippen molar-refractivity contribution in [2.75, 3.05) is 11.6 Å². The van der Waals surface area contributed by atoms with Gasteiger partial charge in [-0.3, -0.25) is 4.79 Å². The van der Waals surface area contributed by atoms with E-state index in [1.165, 1.54) is 0 Å². The lowest BCUT2D eigenvalue weighted by Crippen LogP contribution is -2.17. The molecule has 0 atom stereocenters. The zero-order valence-corrected chi connectivity index (χ0v) is 12.6. The van der Waals surface area contributed by atoms with Crippen LogP contribution >= 0.6 is 11.8 Å². The van der Waals surface area contributed by atoms with Gasteiger partial charge >= 0.3 is 0 Å². The van der Waals surface area contributed by atoms with Gasteiger partial charge < -0.3 is 5.32 Å². The minimum Gasteiger partial charge on any atom is -0.335 e. The maximum atomic E-state index is 12.7. The monoisotopic (exact) mass is 296 g/mol. The van der Waals surface area contributed by atoms with Crippen LogP contribution in [0, 0.1) is 0 Å². The number of benzene rings is 1. The summed E-state index contributed by atoms with van der Waals surface area (Å²) in [5.74, 6) is 0.894. The summed E-state index contributed by atoms with van der Waals surface area (Å²) in [5.41, 5.74) is 2.82. The van der Waals surface area contributed by atoms with E-state index in [1.54, 1.807) is 18.0 Å². The third kappa shape index (κ3) is 2.85. The number of anilines is 1. The van der Waals surface area contributed by atoms with Crippen LogP contribution in [-0.4, -0.2) is 17.0 Å². The molecule has 0 unspecified atom stereocenters. The molecule has 0 saturated carbocycles. The topological polar surface area (TPSA) is 42.0 Å². The van der Waals surface area contributed by atoms with E-state index in [4.69, 9.17) is 0 Å². The minimum absolute atomic E-state index is 0.129. The molecule has 0 amide bonds. The average molecular weight is 296 g/mol. The Morgan fingerprint density at radius 2 is 1.95 bits per heavy atom. The zero-order valence-electron chi connectivity index (χ0n) is 11.8. The van der Waals surface area contributed by atoms with Crippen molar-refractivity contribution in [3.8, 4) is 0 Å². The molecule has 0 fully saturated rings. The molecule has 0 radical (unpaired) electrons. The zero-order chi connectivity index (χ0) is 14.7. The van der Waals surface area contributed by atoms with Gasteiger partial charge in [0.05, 0.1) is 5.03 Å². The molecule has 1 heterocycles. The van der Waals surface area contributed by atoms with Crippen LogP contribution in [0.15, 0.2) is 59.3 Å². The largest absolute Gasteiger partial charge is 0.335 e. The number of ketones is 1. The van der Waals surface area contributed by atoms with Crippen LogP contribution < -0.4 is 5.32 Å². The Morgan fingerprint density at radius 3 is 2.71 bits per heavy atom. The third-order valence-electron chi connectivity index (χ3n) is 3.57. The number of hydrogen-bond donors (Lipinski definition) is 1. The number of fused-ring (bicyclic) bond motifs is 1. The van der Waals surface area contributed by atoms with Crippen LogP contribution in [0.2, 0.25) is 0 Å². The summed E-state index contributed by atoms with van der Waals surface area (Å²) in [7, 11) is 0. The highest BCUT2D eigenvalue weighted by Crippen LogP contribution is 2.30. The predicted molar refractivity (Wildman–Crippen MR) is 87.5 cm³/mol. The highest BCUT2D eigenvalue weighted by molar-refractivity contribution is 8.02. The van der Waals surface area contributed by atoms with E-state index < -0.39 is 0 Å². The van der Waals surface area contributed by atoms with Gasteiger partial charge in [-0.2, -0.15) is 0 Å². The number of aryl methyl sites for hydroxylation is 1. The first-order chi connectivity index (χ1) is 10.3. The molecule has 1 aromatic heterocycles. The third-order valence-corrected chi connectivity index (χ3v) is 4.32. The Morgan fingerprint density at radius 1 is 1.14 bits per heavy atom. The molecule has 3 nitrogen and oxygen atoms in total. The molecule has 4 heteroatoms. The normalized spacial score (nSPS) is 16.3. The summed E-state index contributed by atoms with van der Waals surface area (Å²) >= 11 is 1.56. The van der Waals surface area contributed by atoms with Crippen LogP contribution in [-0.2, 0) is 6.42 Å². The SMILES string of the molecule is CS/C(Nc1ccccn1)=C1\CCc2ccccc2C1=O. The van der Waals surface area contributed by atoms with E-state index in [0.29, 0.717) is 0 Å². The number of thioether (sulfide) groups is 1. The van der Waals surface area contributed by atoms with Gasteiger partial charge in [0.2, 0.25) is 0 Å². The standard InChI is InChI=1S/C17H16N2OS/c1-21-17(19-15-8-4-5-11-18-15)14-10-9-12-6-2-3-7-13(12)16(14)20/h2-8,11H,9-10H2,1H3,(H,18,19)/b17-14+. The number of Topliss-reactive ketones (excluding diaryl/α,β-unsaturated/α-hetero) is 1. The number of pyridine rings is 1. The van der Waals surface area contributed by atoms with Crippen LogP contribution in [0.3, 0.4) is 0 Å². The van der Waals surface area contributed by atoms with Crippen molar-refractivity contribution in [2.45, 2.75) is 12.8 Å². The quantitative estimate of drug-likeness (QED) is 0.872. The second-order valence-electron chi connectivity index (χ2n) is 4.84. The molecule has 21 heavy (non-hydrogen) atoms. The lowest BCUT2D eigenvalue weighted by Gasteiger charge is -2.20. The molecule has 1 aromatic carbocycles. The highest BCUT2D eigenvalue weighted by Gasteiger charge is 2.24. The fourth-order valence-electron chi connectivity index (χ4n) is 2.51. The first-order valence-corrected chi connectivity index (χ1v) is 8.10. The first-order valence-electron chi connectivity index (χ1n) is 6.87. The molecular weight excluding hydrogens is 280 g/mol. The molecule has 0 spiro atoms. The van der Waals surface area contributed by atoms with Crippen molar-refractivity contribution < 1.29 is 4.79 Å². The van der Waals surface area contributed by atoms with Crippen molar-refractivity contribution in [1.29, 1.82) is 0 Å². The fourth-order valence-corrected chi connectivity index (χ4v) is 3.16. The van der Waals surface area contributed by atoms with E-state index in [9.17, 15) is 4.79 Å². The maximum absolute atomic E-state index is 12.7. The van der Waals surface area contributed by atoms with Crippen molar-refractivity contribution in [3.63, 3.8) is 0 Å². The molecule has 1 aliphatic carbocycles. The predicted octanol–water partition coefficient (Wildman–Crippen LogP) is 3.90. The van der Waals surface area contributed by atoms with Crippen molar-refractivity contribution in [3.05, 3.63) is 70.4 Å². The molecule has 2 aromatic rings. The summed E-state index contributed by atoms with van der Waals surface area (Å²) in [4.78, 5) is 16.9. The van der Waals surface area contributed by atoms with Gasteiger partial charge in [0.25, 0.3) is 0 Å². The van der Waals surface area contributed by atoms with E-state index in [2.05, 4.69) is 10.3 Å². The lowest BCUT2D eigenvalue weighted by atomic mass is 9.87. The van der Waals surface area contributed by atoms with Crippen molar-refractivity contribution >= 4 is 23.4 Å². The number of carbonyl (C=O) groups excluding carboxylic acids is 1. The average Bonchev–Trinajstić information content (AvgIpc) is 2.55.